The molecule has 1 fully saturated rings. The van der Waals surface area contributed by atoms with Crippen molar-refractivity contribution in [3.05, 3.63) is 60.2 Å². The summed E-state index contributed by atoms with van der Waals surface area (Å²) >= 11 is 0. The molecular weight excluding hydrogens is 351 g/mol. The summed E-state index contributed by atoms with van der Waals surface area (Å²) in [6.07, 6.45) is 1.37. The van der Waals surface area contributed by atoms with Gasteiger partial charge < -0.3 is 20.9 Å². The number of halogens is 2. The third-order valence-electron chi connectivity index (χ3n) is 4.47. The van der Waals surface area contributed by atoms with Gasteiger partial charge >= 0.3 is 7.05 Å². The lowest BCUT2D eigenvalue weighted by atomic mass is 9.81. The number of anilines is 2. The summed E-state index contributed by atoms with van der Waals surface area (Å²) in [4.78, 5) is 14.0. The van der Waals surface area contributed by atoms with E-state index in [-0.39, 0.29) is 29.0 Å². The van der Waals surface area contributed by atoms with E-state index in [0.717, 1.165) is 0 Å². The molecule has 8 heteroatoms. The van der Waals surface area contributed by atoms with Crippen LogP contribution in [0.15, 0.2) is 48.5 Å². The first-order chi connectivity index (χ1) is 12.9. The number of nitrogen functional groups attached to an aromatic ring is 1. The zero-order valence-electron chi connectivity index (χ0n) is 15.2. The highest BCUT2D eigenvalue weighted by molar-refractivity contribution is 6.45. The number of benzene rings is 2. The molecule has 0 radical (unpaired) electrons. The van der Waals surface area contributed by atoms with Gasteiger partial charge in [-0.2, -0.15) is 0 Å². The molecule has 1 heterocycles. The number of hydrogen-bond acceptors (Lipinski definition) is 4. The zero-order chi connectivity index (χ0) is 19.8. The zero-order valence-corrected chi connectivity index (χ0v) is 15.2. The molecule has 0 saturated carbocycles. The topological polar surface area (TPSA) is 78.6 Å². The largest absolute Gasteiger partial charge is 0.437 e. The molecule has 5 nitrogen and oxygen atoms in total. The molecule has 3 rings (SSSR count). The third kappa shape index (κ3) is 6.34. The maximum absolute atomic E-state index is 13.4. The second-order valence-corrected chi connectivity index (χ2v) is 6.43. The van der Waals surface area contributed by atoms with Crippen LogP contribution >= 0.6 is 0 Å². The lowest BCUT2D eigenvalue weighted by molar-refractivity contribution is -0.121. The molecule has 2 aromatic carbocycles. The highest BCUT2D eigenvalue weighted by Crippen LogP contribution is 2.21. The smallest absolute Gasteiger partial charge is 0.376 e. The fraction of sp³-hybridized carbons (Fsp3) is 0.316. The van der Waals surface area contributed by atoms with Crippen LogP contribution in [-0.4, -0.2) is 35.9 Å². The van der Waals surface area contributed by atoms with E-state index in [9.17, 15) is 18.6 Å². The van der Waals surface area contributed by atoms with Crippen molar-refractivity contribution in [1.29, 1.82) is 0 Å². The maximum atomic E-state index is 13.4. The Kier molecular flexibility index (Phi) is 7.75. The Morgan fingerprint density at radius 2 is 1.67 bits per heavy atom. The van der Waals surface area contributed by atoms with E-state index in [1.807, 2.05) is 4.81 Å². The van der Waals surface area contributed by atoms with Crippen molar-refractivity contribution in [1.82, 2.24) is 4.81 Å². The number of para-hydroxylation sites is 2. The predicted molar refractivity (Wildman–Crippen MR) is 104 cm³/mol. The van der Waals surface area contributed by atoms with Crippen molar-refractivity contribution >= 4 is 24.3 Å². The summed E-state index contributed by atoms with van der Waals surface area (Å²) in [5.41, 5.74) is 5.57. The van der Waals surface area contributed by atoms with Crippen LogP contribution in [0.5, 0.6) is 0 Å². The van der Waals surface area contributed by atoms with Crippen molar-refractivity contribution in [3.63, 3.8) is 0 Å². The molecule has 1 aliphatic heterocycles. The molecule has 27 heavy (non-hydrogen) atoms. The predicted octanol–water partition coefficient (Wildman–Crippen LogP) is 2.99. The fourth-order valence-electron chi connectivity index (χ4n) is 2.81. The van der Waals surface area contributed by atoms with Gasteiger partial charge in [0.25, 0.3) is 0 Å². The molecule has 0 bridgehead atoms. The molecule has 2 aromatic rings. The van der Waals surface area contributed by atoms with Crippen molar-refractivity contribution in [2.24, 2.45) is 5.92 Å². The average molecular weight is 375 g/mol. The van der Waals surface area contributed by atoms with Crippen LogP contribution < -0.4 is 11.1 Å². The minimum absolute atomic E-state index is 0.116. The molecule has 1 amide bonds. The standard InChI is InChI=1S/C13H18BFN2O2.C6H6FN/c1-14(19)17-8-6-10(7-9-17)13(18)16-12-5-3-2-4-11(12)15;7-5-3-1-2-4-6(5)8/h2-5,10,19H,6-9H2,1H3,(H,16,18);1-4H,8H2. The second-order valence-electron chi connectivity index (χ2n) is 6.43. The van der Waals surface area contributed by atoms with Gasteiger partial charge in [0.2, 0.25) is 5.91 Å². The first kappa shape index (κ1) is 20.9. The summed E-state index contributed by atoms with van der Waals surface area (Å²) in [6.45, 7) is 3.10. The van der Waals surface area contributed by atoms with Crippen LogP contribution in [0, 0.1) is 17.6 Å². The van der Waals surface area contributed by atoms with Gasteiger partial charge in [-0.1, -0.05) is 24.3 Å². The van der Waals surface area contributed by atoms with E-state index < -0.39 is 12.9 Å². The van der Waals surface area contributed by atoms with Gasteiger partial charge in [0.15, 0.2) is 0 Å². The molecule has 0 unspecified atom stereocenters. The van der Waals surface area contributed by atoms with Gasteiger partial charge in [0.05, 0.1) is 11.4 Å². The van der Waals surface area contributed by atoms with E-state index in [2.05, 4.69) is 5.32 Å². The summed E-state index contributed by atoms with van der Waals surface area (Å²) in [6, 6.07) is 12.3. The van der Waals surface area contributed by atoms with Crippen LogP contribution in [0.25, 0.3) is 0 Å². The van der Waals surface area contributed by atoms with Gasteiger partial charge in [-0.15, -0.1) is 0 Å². The first-order valence-corrected chi connectivity index (χ1v) is 8.86. The van der Waals surface area contributed by atoms with Crippen molar-refractivity contribution < 1.29 is 18.6 Å². The first-order valence-electron chi connectivity index (χ1n) is 8.86. The minimum Gasteiger partial charge on any atom is -0.437 e. The molecule has 0 spiro atoms. The molecule has 0 aromatic heterocycles. The molecule has 4 N–H and O–H groups in total. The van der Waals surface area contributed by atoms with Gasteiger partial charge in [-0.05, 0) is 57.0 Å². The number of carbonyl (C=O) groups is 1. The Bertz CT molecular complexity index is 732. The SMILES string of the molecule is CB(O)N1CCC(C(=O)Nc2ccccc2F)CC1.Nc1ccccc1F. The molecule has 144 valence electrons. The van der Waals surface area contributed by atoms with E-state index in [1.165, 1.54) is 18.2 Å². The number of rotatable bonds is 3. The molecule has 1 aliphatic rings. The van der Waals surface area contributed by atoms with Crippen LogP contribution in [0.1, 0.15) is 12.8 Å². The van der Waals surface area contributed by atoms with E-state index in [0.29, 0.717) is 25.9 Å². The molecule has 0 aliphatic carbocycles. The van der Waals surface area contributed by atoms with Gasteiger partial charge in [0, 0.05) is 5.92 Å². The minimum atomic E-state index is -0.476. The van der Waals surface area contributed by atoms with Crippen molar-refractivity contribution in [2.75, 3.05) is 24.1 Å². The van der Waals surface area contributed by atoms with Crippen LogP contribution in [-0.2, 0) is 4.79 Å². The van der Waals surface area contributed by atoms with Crippen molar-refractivity contribution in [2.45, 2.75) is 19.7 Å². The number of piperidine rings is 1. The van der Waals surface area contributed by atoms with Gasteiger partial charge in [0.1, 0.15) is 11.6 Å². The molecule has 1 saturated heterocycles. The van der Waals surface area contributed by atoms with Crippen LogP contribution in [0.2, 0.25) is 6.82 Å². The van der Waals surface area contributed by atoms with Crippen LogP contribution in [0.4, 0.5) is 20.2 Å². The summed E-state index contributed by atoms with van der Waals surface area (Å²) < 4.78 is 25.6. The monoisotopic (exact) mass is 375 g/mol. The summed E-state index contributed by atoms with van der Waals surface area (Å²) in [7, 11) is -0.476. The maximum Gasteiger partial charge on any atom is 0.376 e. The number of nitrogens with zero attached hydrogens (tertiary/aromatic N) is 1. The number of carbonyl (C=O) groups excluding carboxylic acids is 1. The van der Waals surface area contributed by atoms with E-state index in [4.69, 9.17) is 5.73 Å². The normalized spacial score (nSPS) is 14.8. The Balaban J connectivity index is 0.000000273. The Hall–Kier alpha value is -2.45. The third-order valence-corrected chi connectivity index (χ3v) is 4.47. The van der Waals surface area contributed by atoms with E-state index >= 15 is 0 Å². The Labute approximate surface area is 158 Å². The number of amides is 1. The number of nitrogens with two attached hydrogens (primary N) is 1. The highest BCUT2D eigenvalue weighted by atomic mass is 19.1. The Morgan fingerprint density at radius 1 is 1.11 bits per heavy atom. The van der Waals surface area contributed by atoms with Crippen LogP contribution in [0.3, 0.4) is 0 Å². The number of nitrogens with one attached hydrogen (secondary N) is 1. The average Bonchev–Trinajstić information content (AvgIpc) is 2.66. The second kappa shape index (κ2) is 10.0. The summed E-state index contributed by atoms with van der Waals surface area (Å²) in [5.74, 6) is -1.03. The molecular formula is C19H24BF2N3O2. The summed E-state index contributed by atoms with van der Waals surface area (Å²) in [5, 5.41) is 12.1. The quantitative estimate of drug-likeness (QED) is 0.569. The lowest BCUT2D eigenvalue weighted by Gasteiger charge is -2.31. The van der Waals surface area contributed by atoms with Crippen molar-refractivity contribution in [3.8, 4) is 0 Å². The lowest BCUT2D eigenvalue weighted by Crippen LogP contribution is -2.45. The highest BCUT2D eigenvalue weighted by Gasteiger charge is 2.28. The molecule has 0 atom stereocenters. The number of hydrogen-bond donors (Lipinski definition) is 3. The van der Waals surface area contributed by atoms with Gasteiger partial charge in [-0.25, -0.2) is 8.78 Å². The fourth-order valence-corrected chi connectivity index (χ4v) is 2.81. The van der Waals surface area contributed by atoms with E-state index in [1.54, 1.807) is 37.2 Å². The van der Waals surface area contributed by atoms with Gasteiger partial charge in [-0.3, -0.25) is 4.79 Å². The Morgan fingerprint density at radius 3 is 2.15 bits per heavy atom.